The van der Waals surface area contributed by atoms with E-state index in [-0.39, 0.29) is 0 Å². The maximum Gasteiger partial charge on any atom is 0.151 e. The molecule has 36 heavy (non-hydrogen) atoms. The Morgan fingerprint density at radius 2 is 1.28 bits per heavy atom. The van der Waals surface area contributed by atoms with Crippen molar-refractivity contribution < 1.29 is 4.74 Å². The summed E-state index contributed by atoms with van der Waals surface area (Å²) in [6.45, 7) is 0. The molecule has 6 aromatic rings. The second kappa shape index (κ2) is 8.36. The fourth-order valence-electron chi connectivity index (χ4n) is 4.84. The van der Waals surface area contributed by atoms with Crippen LogP contribution in [0.5, 0.6) is 11.5 Å². The van der Waals surface area contributed by atoms with Crippen molar-refractivity contribution in [1.82, 2.24) is 9.97 Å². The topological polar surface area (TPSA) is 38.2 Å². The van der Waals surface area contributed by atoms with Gasteiger partial charge in [-0.1, -0.05) is 60.7 Å². The lowest BCUT2D eigenvalue weighted by Crippen LogP contribution is -2.15. The molecule has 1 aliphatic rings. The lowest BCUT2D eigenvalue weighted by Gasteiger charge is -2.33. The van der Waals surface area contributed by atoms with Gasteiger partial charge < -0.3 is 9.64 Å². The summed E-state index contributed by atoms with van der Waals surface area (Å²) < 4.78 is 6.21. The van der Waals surface area contributed by atoms with E-state index in [2.05, 4.69) is 70.5 Å². The van der Waals surface area contributed by atoms with Gasteiger partial charge in [-0.2, -0.15) is 0 Å². The minimum atomic E-state index is 0.836. The first kappa shape index (κ1) is 20.4. The summed E-state index contributed by atoms with van der Waals surface area (Å²) in [7, 11) is 0. The van der Waals surface area contributed by atoms with Crippen LogP contribution in [0.1, 0.15) is 0 Å². The minimum absolute atomic E-state index is 0.836. The van der Waals surface area contributed by atoms with Gasteiger partial charge in [-0.05, 0) is 71.8 Å². The van der Waals surface area contributed by atoms with E-state index in [1.165, 1.54) is 0 Å². The van der Waals surface area contributed by atoms with Crippen LogP contribution < -0.4 is 9.64 Å². The molecule has 0 saturated carbocycles. The third-order valence-corrected chi connectivity index (χ3v) is 6.49. The lowest BCUT2D eigenvalue weighted by atomic mass is 9.98. The summed E-state index contributed by atoms with van der Waals surface area (Å²) in [4.78, 5) is 11.8. The highest BCUT2D eigenvalue weighted by molar-refractivity contribution is 6.00. The van der Waals surface area contributed by atoms with Gasteiger partial charge in [0.05, 0.1) is 28.3 Å². The quantitative estimate of drug-likeness (QED) is 0.263. The third kappa shape index (κ3) is 3.39. The highest BCUT2D eigenvalue weighted by Crippen LogP contribution is 2.50. The molecule has 0 aliphatic carbocycles. The molecule has 0 bridgehead atoms. The summed E-state index contributed by atoms with van der Waals surface area (Å²) in [6.07, 6.45) is 1.81. The monoisotopic (exact) mass is 463 g/mol. The average Bonchev–Trinajstić information content (AvgIpc) is 2.96. The zero-order valence-corrected chi connectivity index (χ0v) is 19.4. The summed E-state index contributed by atoms with van der Waals surface area (Å²) in [5.74, 6) is 1.67. The second-order valence-corrected chi connectivity index (χ2v) is 8.71. The molecule has 4 aromatic carbocycles. The SMILES string of the molecule is c1ccc(-c2cc(-c3ccccn3)nc3ccc(N4c5ccccc5Oc5ccccc54)cc23)cc1. The molecule has 0 atom stereocenters. The maximum atomic E-state index is 6.21. The van der Waals surface area contributed by atoms with Crippen LogP contribution in [0.2, 0.25) is 0 Å². The standard InChI is InChI=1S/C32H21N3O/c1-2-10-22(11-3-1)24-21-28(27-12-8-9-19-33-27)34-26-18-17-23(20-25(24)26)35-29-13-4-6-15-31(29)36-32-16-7-5-14-30(32)35/h1-21H. The molecule has 4 nitrogen and oxygen atoms in total. The molecule has 0 fully saturated rings. The van der Waals surface area contributed by atoms with Crippen LogP contribution in [0, 0.1) is 0 Å². The Labute approximate surface area is 209 Å². The molecule has 4 heteroatoms. The summed E-state index contributed by atoms with van der Waals surface area (Å²) in [6, 6.07) is 41.3. The predicted molar refractivity (Wildman–Crippen MR) is 145 cm³/mol. The Balaban J connectivity index is 1.47. The van der Waals surface area contributed by atoms with Gasteiger partial charge in [0, 0.05) is 17.3 Å². The molecule has 2 aromatic heterocycles. The number of para-hydroxylation sites is 4. The van der Waals surface area contributed by atoms with E-state index in [0.29, 0.717) is 0 Å². The number of nitrogens with zero attached hydrogens (tertiary/aromatic N) is 3. The molecular formula is C32H21N3O. The Morgan fingerprint density at radius 3 is 2.00 bits per heavy atom. The molecule has 7 rings (SSSR count). The largest absolute Gasteiger partial charge is 0.453 e. The molecule has 0 N–H and O–H groups in total. The molecule has 0 radical (unpaired) electrons. The summed E-state index contributed by atoms with van der Waals surface area (Å²) >= 11 is 0. The summed E-state index contributed by atoms with van der Waals surface area (Å²) in [5, 5.41) is 1.08. The number of fused-ring (bicyclic) bond motifs is 3. The van der Waals surface area contributed by atoms with E-state index in [4.69, 9.17) is 9.72 Å². The number of rotatable bonds is 3. The van der Waals surface area contributed by atoms with E-state index in [0.717, 1.165) is 62.0 Å². The van der Waals surface area contributed by atoms with E-state index in [1.54, 1.807) is 6.20 Å². The van der Waals surface area contributed by atoms with Crippen molar-refractivity contribution in [1.29, 1.82) is 0 Å². The first-order valence-electron chi connectivity index (χ1n) is 11.9. The molecule has 0 amide bonds. The molecule has 3 heterocycles. The van der Waals surface area contributed by atoms with E-state index in [1.807, 2.05) is 60.7 Å². The molecule has 0 saturated heterocycles. The third-order valence-electron chi connectivity index (χ3n) is 6.49. The van der Waals surface area contributed by atoms with Gasteiger partial charge in [-0.25, -0.2) is 4.98 Å². The van der Waals surface area contributed by atoms with Gasteiger partial charge in [0.2, 0.25) is 0 Å². The zero-order valence-electron chi connectivity index (χ0n) is 19.4. The molecule has 170 valence electrons. The van der Waals surface area contributed by atoms with Crippen molar-refractivity contribution in [3.63, 3.8) is 0 Å². The molecule has 1 aliphatic heterocycles. The van der Waals surface area contributed by atoms with E-state index in [9.17, 15) is 0 Å². The number of pyridine rings is 2. The fraction of sp³-hybridized carbons (Fsp3) is 0. The van der Waals surface area contributed by atoms with Crippen molar-refractivity contribution in [2.45, 2.75) is 0 Å². The number of benzene rings is 4. The Hall–Kier alpha value is -4.96. The van der Waals surface area contributed by atoms with Crippen molar-refractivity contribution >= 4 is 28.0 Å². The van der Waals surface area contributed by atoms with Crippen LogP contribution >= 0.6 is 0 Å². The zero-order chi connectivity index (χ0) is 23.9. The van der Waals surface area contributed by atoms with Crippen LogP contribution in [-0.4, -0.2) is 9.97 Å². The Morgan fingerprint density at radius 1 is 0.583 bits per heavy atom. The fourth-order valence-corrected chi connectivity index (χ4v) is 4.84. The van der Waals surface area contributed by atoms with Gasteiger partial charge in [-0.15, -0.1) is 0 Å². The average molecular weight is 464 g/mol. The first-order chi connectivity index (χ1) is 17.8. The van der Waals surface area contributed by atoms with Crippen LogP contribution in [-0.2, 0) is 0 Å². The van der Waals surface area contributed by atoms with Crippen LogP contribution in [0.25, 0.3) is 33.4 Å². The maximum absolute atomic E-state index is 6.21. The Bertz CT molecular complexity index is 1670. The van der Waals surface area contributed by atoms with Gasteiger partial charge >= 0.3 is 0 Å². The van der Waals surface area contributed by atoms with Crippen molar-refractivity contribution in [2.75, 3.05) is 4.90 Å². The number of aromatic nitrogens is 2. The van der Waals surface area contributed by atoms with Gasteiger partial charge in [0.1, 0.15) is 0 Å². The minimum Gasteiger partial charge on any atom is -0.453 e. The first-order valence-corrected chi connectivity index (χ1v) is 11.9. The van der Waals surface area contributed by atoms with Crippen LogP contribution in [0.4, 0.5) is 17.1 Å². The molecule has 0 spiro atoms. The number of hydrogen-bond donors (Lipinski definition) is 0. The molecular weight excluding hydrogens is 442 g/mol. The van der Waals surface area contributed by atoms with E-state index < -0.39 is 0 Å². The van der Waals surface area contributed by atoms with Crippen molar-refractivity contribution in [2.24, 2.45) is 0 Å². The van der Waals surface area contributed by atoms with Crippen molar-refractivity contribution in [3.8, 4) is 34.0 Å². The van der Waals surface area contributed by atoms with Gasteiger partial charge in [0.15, 0.2) is 11.5 Å². The number of hydrogen-bond acceptors (Lipinski definition) is 4. The lowest BCUT2D eigenvalue weighted by molar-refractivity contribution is 0.477. The normalized spacial score (nSPS) is 12.1. The smallest absolute Gasteiger partial charge is 0.151 e. The van der Waals surface area contributed by atoms with Crippen molar-refractivity contribution in [3.05, 3.63) is 128 Å². The highest BCUT2D eigenvalue weighted by Gasteiger charge is 2.25. The highest BCUT2D eigenvalue weighted by atomic mass is 16.5. The van der Waals surface area contributed by atoms with Gasteiger partial charge in [0.25, 0.3) is 0 Å². The molecule has 0 unspecified atom stereocenters. The predicted octanol–water partition coefficient (Wildman–Crippen LogP) is 8.54. The number of ether oxygens (including phenoxy) is 1. The summed E-state index contributed by atoms with van der Waals surface area (Å²) in [5.41, 5.74) is 7.98. The van der Waals surface area contributed by atoms with Crippen LogP contribution in [0.15, 0.2) is 128 Å². The van der Waals surface area contributed by atoms with Gasteiger partial charge in [-0.3, -0.25) is 4.98 Å². The van der Waals surface area contributed by atoms with E-state index >= 15 is 0 Å². The second-order valence-electron chi connectivity index (χ2n) is 8.71. The Kier molecular flexibility index (Phi) is 4.74. The van der Waals surface area contributed by atoms with Crippen LogP contribution in [0.3, 0.4) is 0 Å². The number of anilines is 3.